The molecule has 0 amide bonds. The Morgan fingerprint density at radius 1 is 0.846 bits per heavy atom. The Morgan fingerprint density at radius 3 is 2.35 bits per heavy atom. The largest absolute Gasteiger partial charge is 0.326 e. The number of nitrogens with zero attached hydrogens (tertiary/aromatic N) is 4. The van der Waals surface area contributed by atoms with E-state index in [2.05, 4.69) is 100 Å². The Bertz CT molecular complexity index is 2430. The molecule has 2 N–H and O–H groups in total. The first-order valence-electron chi connectivity index (χ1n) is 17.7. The maximum Gasteiger partial charge on any atom is 0.295 e. The fourth-order valence-corrected chi connectivity index (χ4v) is 9.11. The lowest BCUT2D eigenvalue weighted by atomic mass is 9.94. The van der Waals surface area contributed by atoms with Crippen LogP contribution < -0.4 is 14.4 Å². The summed E-state index contributed by atoms with van der Waals surface area (Å²) in [6, 6.07) is 19.1. The molecule has 0 saturated heterocycles. The monoisotopic (exact) mass is 739 g/mol. The first kappa shape index (κ1) is 36.0. The zero-order chi connectivity index (χ0) is 36.6. The molecule has 1 aliphatic heterocycles. The summed E-state index contributed by atoms with van der Waals surface area (Å²) in [6.07, 6.45) is 14.2. The van der Waals surface area contributed by atoms with Crippen LogP contribution in [0.4, 0.5) is 11.4 Å². The van der Waals surface area contributed by atoms with Crippen molar-refractivity contribution in [2.75, 3.05) is 22.9 Å². The van der Waals surface area contributed by atoms with Crippen LogP contribution in [0.25, 0.3) is 38.7 Å². The molecule has 0 unspecified atom stereocenters. The summed E-state index contributed by atoms with van der Waals surface area (Å²) in [4.78, 5) is 5.26. The Hall–Kier alpha value is -4.43. The minimum Gasteiger partial charge on any atom is -0.326 e. The van der Waals surface area contributed by atoms with Gasteiger partial charge in [-0.2, -0.15) is 8.42 Å². The van der Waals surface area contributed by atoms with Gasteiger partial charge in [-0.3, -0.25) is 4.55 Å². The first-order valence-corrected chi connectivity index (χ1v) is 19.9. The third kappa shape index (κ3) is 6.33. The van der Waals surface area contributed by atoms with Gasteiger partial charge in [0.2, 0.25) is 0 Å². The third-order valence-corrected chi connectivity index (χ3v) is 11.6. The minimum atomic E-state index is -4.37. The van der Waals surface area contributed by atoms with E-state index >= 15 is 0 Å². The smallest absolute Gasteiger partial charge is 0.295 e. The van der Waals surface area contributed by atoms with Gasteiger partial charge >= 0.3 is 0 Å². The zero-order valence-corrected chi connectivity index (χ0v) is 31.4. The van der Waals surface area contributed by atoms with Crippen LogP contribution in [0.5, 0.6) is 0 Å². The van der Waals surface area contributed by atoms with E-state index in [1.807, 2.05) is 24.3 Å². The number of hydrogen-bond donors (Lipinski definition) is 2. The highest BCUT2D eigenvalue weighted by atomic mass is 32.2. The van der Waals surface area contributed by atoms with Crippen LogP contribution in [0.1, 0.15) is 52.8 Å². The van der Waals surface area contributed by atoms with E-state index in [1.54, 1.807) is 12.1 Å². The number of hydrogen-bond acceptors (Lipinski definition) is 8. The van der Waals surface area contributed by atoms with Gasteiger partial charge in [0, 0.05) is 45.6 Å². The molecular formula is C40H43N4O6S2+. The molecule has 0 fully saturated rings. The normalized spacial score (nSPS) is 16.8. The van der Waals surface area contributed by atoms with Gasteiger partial charge in [-0.1, -0.05) is 47.5 Å². The Kier molecular flexibility index (Phi) is 10.3. The van der Waals surface area contributed by atoms with Crippen molar-refractivity contribution < 1.29 is 32.2 Å². The second-order valence-corrected chi connectivity index (χ2v) is 14.9. The molecule has 2 aliphatic rings. The van der Waals surface area contributed by atoms with Crippen LogP contribution in [-0.4, -0.2) is 35.9 Å². The number of fused-ring (bicyclic) bond motifs is 6. The van der Waals surface area contributed by atoms with Crippen molar-refractivity contribution in [3.05, 3.63) is 108 Å². The lowest BCUT2D eigenvalue weighted by Gasteiger charge is -2.23. The maximum atomic E-state index is 12.2. The summed E-state index contributed by atoms with van der Waals surface area (Å²) >= 11 is 0.978. The molecule has 4 aromatic carbocycles. The van der Waals surface area contributed by atoms with Crippen molar-refractivity contribution in [3.63, 3.8) is 0 Å². The van der Waals surface area contributed by atoms with Gasteiger partial charge < -0.3 is 9.80 Å². The molecule has 52 heavy (non-hydrogen) atoms. The van der Waals surface area contributed by atoms with Crippen LogP contribution >= 0.6 is 12.0 Å². The molecule has 5 aromatic rings. The highest BCUT2D eigenvalue weighted by molar-refractivity contribution is 7.94. The predicted octanol–water partition coefficient (Wildman–Crippen LogP) is 9.21. The van der Waals surface area contributed by atoms with Gasteiger partial charge in [0.15, 0.2) is 11.0 Å². The molecule has 0 spiro atoms. The van der Waals surface area contributed by atoms with E-state index in [1.165, 1.54) is 17.2 Å². The summed E-state index contributed by atoms with van der Waals surface area (Å²) in [5.74, 6) is 2.17. The Morgan fingerprint density at radius 2 is 1.62 bits per heavy atom. The van der Waals surface area contributed by atoms with Crippen molar-refractivity contribution in [1.29, 1.82) is 0 Å². The number of benzene rings is 4. The molecule has 0 radical (unpaired) electrons. The second kappa shape index (κ2) is 14.9. The van der Waals surface area contributed by atoms with Crippen molar-refractivity contribution in [3.8, 4) is 0 Å². The molecule has 0 bridgehead atoms. The SMILES string of the molecule is CCN1/C(=C/C=C2C=C(/C=C/c3n(CC)c4c5cccc(SOOO)c5ccc4[n+]3CC)CCC/2)N(CC)c2c1ccc1c(S(=O)(=O)O)cccc21. The van der Waals surface area contributed by atoms with Crippen LogP contribution in [0.2, 0.25) is 0 Å². The standard InChI is InChI=1S/C40H42N4O6S2/c1-5-41-33-22-20-29-31(14-10-16-35(29)51-50-49-45)39(33)43(7-3)37(41)24-18-27-12-9-13-28(26-27)19-25-38-42(6-2)34-23-21-30-32(40(34)44(38)8-4)15-11-17-36(30)52(46,47)48/h10-11,14-26H,5-9,12-13H2,1-4H3,(H-,45,46,47,48)/p+1. The summed E-state index contributed by atoms with van der Waals surface area (Å²) in [6.45, 7) is 11.6. The van der Waals surface area contributed by atoms with Gasteiger partial charge in [0.1, 0.15) is 10.7 Å². The van der Waals surface area contributed by atoms with E-state index in [9.17, 15) is 13.0 Å². The summed E-state index contributed by atoms with van der Waals surface area (Å²) in [5, 5.41) is 16.0. The molecule has 0 atom stereocenters. The molecular weight excluding hydrogens is 697 g/mol. The maximum absolute atomic E-state index is 12.2. The van der Waals surface area contributed by atoms with Crippen molar-refractivity contribution >= 4 is 72.2 Å². The lowest BCUT2D eigenvalue weighted by Crippen LogP contribution is -2.35. The number of aryl methyl sites for hydroxylation is 2. The quantitative estimate of drug-likeness (QED) is 0.0451. The van der Waals surface area contributed by atoms with E-state index in [-0.39, 0.29) is 4.90 Å². The van der Waals surface area contributed by atoms with E-state index < -0.39 is 10.1 Å². The first-order chi connectivity index (χ1) is 25.2. The Balaban J connectivity index is 1.24. The summed E-state index contributed by atoms with van der Waals surface area (Å²) in [7, 11) is -4.37. The van der Waals surface area contributed by atoms with Gasteiger partial charge in [0.05, 0.1) is 36.5 Å². The number of anilines is 2. The molecule has 10 nitrogen and oxygen atoms in total. The van der Waals surface area contributed by atoms with Crippen LogP contribution in [-0.2, 0) is 32.6 Å². The van der Waals surface area contributed by atoms with Crippen molar-refractivity contribution in [2.24, 2.45) is 0 Å². The molecule has 0 saturated carbocycles. The van der Waals surface area contributed by atoms with Crippen LogP contribution in [0.15, 0.2) is 112 Å². The summed E-state index contributed by atoms with van der Waals surface area (Å²) in [5.41, 5.74) is 6.80. The second-order valence-electron chi connectivity index (χ2n) is 12.8. The van der Waals surface area contributed by atoms with Crippen molar-refractivity contribution in [2.45, 2.75) is 69.8 Å². The predicted molar refractivity (Wildman–Crippen MR) is 209 cm³/mol. The minimum absolute atomic E-state index is 0.0791. The number of allylic oxidation sites excluding steroid dienone is 6. The van der Waals surface area contributed by atoms with E-state index in [4.69, 9.17) is 9.59 Å². The topological polar surface area (TPSA) is 108 Å². The lowest BCUT2D eigenvalue weighted by molar-refractivity contribution is -0.670. The molecule has 1 aliphatic carbocycles. The fourth-order valence-electron chi connectivity index (χ4n) is 7.89. The van der Waals surface area contributed by atoms with Gasteiger partial charge in [-0.05, 0) is 101 Å². The zero-order valence-electron chi connectivity index (χ0n) is 29.7. The van der Waals surface area contributed by atoms with Gasteiger partial charge in [-0.25, -0.2) is 14.4 Å². The average molecular weight is 740 g/mol. The molecule has 2 heterocycles. The van der Waals surface area contributed by atoms with Crippen LogP contribution in [0, 0.1) is 0 Å². The van der Waals surface area contributed by atoms with Gasteiger partial charge in [-0.15, -0.1) is 4.33 Å². The molecule has 1 aromatic heterocycles. The Labute approximate surface area is 308 Å². The number of rotatable bonds is 11. The fraction of sp³-hybridized carbons (Fsp3) is 0.275. The van der Waals surface area contributed by atoms with E-state index in [0.717, 1.165) is 106 Å². The highest BCUT2D eigenvalue weighted by Gasteiger charge is 2.32. The van der Waals surface area contributed by atoms with E-state index in [0.29, 0.717) is 11.9 Å². The third-order valence-electron chi connectivity index (χ3n) is 10.1. The highest BCUT2D eigenvalue weighted by Crippen LogP contribution is 2.47. The number of imidazole rings is 1. The van der Waals surface area contributed by atoms with Crippen molar-refractivity contribution in [1.82, 2.24) is 4.57 Å². The molecule has 270 valence electrons. The molecule has 12 heteroatoms. The van der Waals surface area contributed by atoms with Crippen LogP contribution in [0.3, 0.4) is 0 Å². The van der Waals surface area contributed by atoms with Gasteiger partial charge in [0.25, 0.3) is 15.9 Å². The number of aromatic nitrogens is 2. The molecule has 7 rings (SSSR count). The summed E-state index contributed by atoms with van der Waals surface area (Å²) < 4.78 is 43.8. The average Bonchev–Trinajstić information content (AvgIpc) is 3.65.